The van der Waals surface area contributed by atoms with Gasteiger partial charge in [-0.05, 0) is 30.3 Å². The lowest BCUT2D eigenvalue weighted by molar-refractivity contribution is -0.114. The number of halogens is 1. The molecule has 0 radical (unpaired) electrons. The summed E-state index contributed by atoms with van der Waals surface area (Å²) in [6.45, 7) is 1.41. The molecule has 0 aliphatic heterocycles. The van der Waals surface area contributed by atoms with Gasteiger partial charge in [-0.3, -0.25) is 9.59 Å². The molecule has 0 aromatic heterocycles. The Morgan fingerprint density at radius 3 is 2.45 bits per heavy atom. The smallest absolute Gasteiger partial charge is 0.255 e. The minimum Gasteiger partial charge on any atom is -0.497 e. The van der Waals surface area contributed by atoms with Crippen LogP contribution in [0.25, 0.3) is 0 Å². The molecule has 2 rings (SSSR count). The molecular formula is C16H15BrN2O3. The van der Waals surface area contributed by atoms with E-state index in [1.54, 1.807) is 36.4 Å². The van der Waals surface area contributed by atoms with Gasteiger partial charge in [0.15, 0.2) is 0 Å². The molecule has 22 heavy (non-hydrogen) atoms. The molecule has 2 aromatic rings. The fourth-order valence-corrected chi connectivity index (χ4v) is 2.28. The average molecular weight is 363 g/mol. The summed E-state index contributed by atoms with van der Waals surface area (Å²) < 4.78 is 5.96. The number of ether oxygens (including phenoxy) is 1. The minimum absolute atomic E-state index is 0.219. The molecule has 0 aliphatic rings. The zero-order valence-electron chi connectivity index (χ0n) is 12.1. The Kier molecular flexibility index (Phi) is 5.16. The van der Waals surface area contributed by atoms with E-state index in [0.29, 0.717) is 22.7 Å². The Morgan fingerprint density at radius 2 is 1.82 bits per heavy atom. The highest BCUT2D eigenvalue weighted by atomic mass is 79.9. The van der Waals surface area contributed by atoms with Crippen molar-refractivity contribution in [2.45, 2.75) is 6.92 Å². The predicted octanol–water partition coefficient (Wildman–Crippen LogP) is 3.67. The summed E-state index contributed by atoms with van der Waals surface area (Å²) in [5.74, 6) is 0.0860. The number of hydrogen-bond acceptors (Lipinski definition) is 3. The standard InChI is InChI=1S/C16H15BrN2O3/c1-10(20)18-14-7-6-13(22-2)9-15(14)19-16(21)11-4-3-5-12(17)8-11/h3-9H,1-2H3,(H,18,20)(H,19,21). The second kappa shape index (κ2) is 7.09. The van der Waals surface area contributed by atoms with Gasteiger partial charge in [0.2, 0.25) is 5.91 Å². The Labute approximate surface area is 136 Å². The normalized spacial score (nSPS) is 9.95. The number of benzene rings is 2. The van der Waals surface area contributed by atoms with Crippen molar-refractivity contribution >= 4 is 39.1 Å². The van der Waals surface area contributed by atoms with Crippen LogP contribution in [0.4, 0.5) is 11.4 Å². The number of hydrogen-bond donors (Lipinski definition) is 2. The molecule has 2 N–H and O–H groups in total. The van der Waals surface area contributed by atoms with Crippen LogP contribution in [0.15, 0.2) is 46.9 Å². The third-order valence-corrected chi connectivity index (χ3v) is 3.37. The van der Waals surface area contributed by atoms with E-state index in [-0.39, 0.29) is 11.8 Å². The van der Waals surface area contributed by atoms with E-state index in [2.05, 4.69) is 26.6 Å². The van der Waals surface area contributed by atoms with Crippen LogP contribution < -0.4 is 15.4 Å². The summed E-state index contributed by atoms with van der Waals surface area (Å²) in [7, 11) is 1.54. The topological polar surface area (TPSA) is 67.4 Å². The molecule has 0 saturated heterocycles. The molecule has 5 nitrogen and oxygen atoms in total. The van der Waals surface area contributed by atoms with Crippen molar-refractivity contribution in [3.8, 4) is 5.75 Å². The van der Waals surface area contributed by atoms with E-state index < -0.39 is 0 Å². The van der Waals surface area contributed by atoms with Gasteiger partial charge in [-0.15, -0.1) is 0 Å². The Morgan fingerprint density at radius 1 is 1.05 bits per heavy atom. The van der Waals surface area contributed by atoms with Crippen molar-refractivity contribution in [3.63, 3.8) is 0 Å². The molecule has 6 heteroatoms. The maximum atomic E-state index is 12.3. The van der Waals surface area contributed by atoms with E-state index >= 15 is 0 Å². The van der Waals surface area contributed by atoms with E-state index in [1.807, 2.05) is 6.07 Å². The third-order valence-electron chi connectivity index (χ3n) is 2.87. The molecule has 0 spiro atoms. The van der Waals surface area contributed by atoms with Crippen molar-refractivity contribution in [1.29, 1.82) is 0 Å². The number of methoxy groups -OCH3 is 1. The summed E-state index contributed by atoms with van der Waals surface area (Å²) in [4.78, 5) is 23.6. The average Bonchev–Trinajstić information content (AvgIpc) is 2.48. The van der Waals surface area contributed by atoms with Gasteiger partial charge in [-0.2, -0.15) is 0 Å². The summed E-state index contributed by atoms with van der Waals surface area (Å²) in [6, 6.07) is 12.1. The highest BCUT2D eigenvalue weighted by Gasteiger charge is 2.11. The Hall–Kier alpha value is -2.34. The van der Waals surface area contributed by atoms with Crippen molar-refractivity contribution in [3.05, 3.63) is 52.5 Å². The summed E-state index contributed by atoms with van der Waals surface area (Å²) in [6.07, 6.45) is 0. The second-order valence-electron chi connectivity index (χ2n) is 4.56. The molecule has 0 bridgehead atoms. The van der Waals surface area contributed by atoms with Crippen LogP contribution in [0.1, 0.15) is 17.3 Å². The van der Waals surface area contributed by atoms with Crippen LogP contribution >= 0.6 is 15.9 Å². The van der Waals surface area contributed by atoms with Crippen LogP contribution in [-0.4, -0.2) is 18.9 Å². The van der Waals surface area contributed by atoms with Crippen molar-refractivity contribution in [2.24, 2.45) is 0 Å². The fraction of sp³-hybridized carbons (Fsp3) is 0.125. The lowest BCUT2D eigenvalue weighted by atomic mass is 10.2. The Balaban J connectivity index is 2.30. The quantitative estimate of drug-likeness (QED) is 0.871. The van der Waals surface area contributed by atoms with Gasteiger partial charge < -0.3 is 15.4 Å². The van der Waals surface area contributed by atoms with Gasteiger partial charge in [-0.25, -0.2) is 0 Å². The number of carbonyl (C=O) groups excluding carboxylic acids is 2. The second-order valence-corrected chi connectivity index (χ2v) is 5.47. The molecule has 0 saturated carbocycles. The predicted molar refractivity (Wildman–Crippen MR) is 89.4 cm³/mol. The maximum Gasteiger partial charge on any atom is 0.255 e. The number of carbonyl (C=O) groups is 2. The molecule has 0 aliphatic carbocycles. The molecule has 2 amide bonds. The van der Waals surface area contributed by atoms with Crippen molar-refractivity contribution in [2.75, 3.05) is 17.7 Å². The maximum absolute atomic E-state index is 12.3. The summed E-state index contributed by atoms with van der Waals surface area (Å²) in [5, 5.41) is 5.45. The number of nitrogens with one attached hydrogen (secondary N) is 2. The molecule has 0 heterocycles. The van der Waals surface area contributed by atoms with E-state index in [9.17, 15) is 9.59 Å². The molecule has 0 fully saturated rings. The van der Waals surface area contributed by atoms with Crippen LogP contribution in [0, 0.1) is 0 Å². The van der Waals surface area contributed by atoms with E-state index in [4.69, 9.17) is 4.74 Å². The van der Waals surface area contributed by atoms with Gasteiger partial charge in [-0.1, -0.05) is 22.0 Å². The number of anilines is 2. The van der Waals surface area contributed by atoms with E-state index in [0.717, 1.165) is 4.47 Å². The molecule has 0 atom stereocenters. The first-order valence-electron chi connectivity index (χ1n) is 6.52. The molecule has 0 unspecified atom stereocenters. The number of rotatable bonds is 4. The molecular weight excluding hydrogens is 348 g/mol. The Bertz CT molecular complexity index is 716. The first-order valence-corrected chi connectivity index (χ1v) is 7.31. The largest absolute Gasteiger partial charge is 0.497 e. The van der Waals surface area contributed by atoms with Gasteiger partial charge in [0.25, 0.3) is 5.91 Å². The highest BCUT2D eigenvalue weighted by molar-refractivity contribution is 9.10. The van der Waals surface area contributed by atoms with Gasteiger partial charge in [0, 0.05) is 23.0 Å². The highest BCUT2D eigenvalue weighted by Crippen LogP contribution is 2.27. The lowest BCUT2D eigenvalue weighted by Crippen LogP contribution is -2.15. The first-order chi connectivity index (χ1) is 10.5. The lowest BCUT2D eigenvalue weighted by Gasteiger charge is -2.13. The third kappa shape index (κ3) is 4.08. The molecule has 114 valence electrons. The zero-order chi connectivity index (χ0) is 16.1. The van der Waals surface area contributed by atoms with Crippen LogP contribution in [0.2, 0.25) is 0 Å². The molecule has 2 aromatic carbocycles. The number of amides is 2. The van der Waals surface area contributed by atoms with Gasteiger partial charge >= 0.3 is 0 Å². The minimum atomic E-state index is -0.277. The first kappa shape index (κ1) is 16.0. The fourth-order valence-electron chi connectivity index (χ4n) is 1.88. The monoisotopic (exact) mass is 362 g/mol. The van der Waals surface area contributed by atoms with Gasteiger partial charge in [0.05, 0.1) is 18.5 Å². The van der Waals surface area contributed by atoms with Crippen LogP contribution in [0.5, 0.6) is 5.75 Å². The van der Waals surface area contributed by atoms with Crippen molar-refractivity contribution in [1.82, 2.24) is 0 Å². The van der Waals surface area contributed by atoms with Crippen molar-refractivity contribution < 1.29 is 14.3 Å². The van der Waals surface area contributed by atoms with Crippen LogP contribution in [0.3, 0.4) is 0 Å². The zero-order valence-corrected chi connectivity index (χ0v) is 13.7. The van der Waals surface area contributed by atoms with Gasteiger partial charge in [0.1, 0.15) is 5.75 Å². The van der Waals surface area contributed by atoms with E-state index in [1.165, 1.54) is 14.0 Å². The van der Waals surface area contributed by atoms with Crippen LogP contribution in [-0.2, 0) is 4.79 Å². The summed E-state index contributed by atoms with van der Waals surface area (Å²) in [5.41, 5.74) is 1.49. The SMILES string of the molecule is COc1ccc(NC(C)=O)c(NC(=O)c2cccc(Br)c2)c1. The summed E-state index contributed by atoms with van der Waals surface area (Å²) >= 11 is 3.33.